The highest BCUT2D eigenvalue weighted by atomic mass is 79.9. The van der Waals surface area contributed by atoms with Gasteiger partial charge in [-0.1, -0.05) is 51.8 Å². The van der Waals surface area contributed by atoms with Crippen LogP contribution >= 0.6 is 27.5 Å². The molecule has 108 valence electrons. The Kier molecular flexibility index (Phi) is 4.29. The summed E-state index contributed by atoms with van der Waals surface area (Å²) in [7, 11) is 0. The van der Waals surface area contributed by atoms with Gasteiger partial charge in [0.2, 0.25) is 5.91 Å². The molecular formula is C16H14BrClN2O. The van der Waals surface area contributed by atoms with Gasteiger partial charge in [0, 0.05) is 17.6 Å². The molecule has 0 saturated carbocycles. The summed E-state index contributed by atoms with van der Waals surface area (Å²) in [5.74, 6) is -0.250. The van der Waals surface area contributed by atoms with Crippen molar-refractivity contribution in [3.63, 3.8) is 0 Å². The first-order chi connectivity index (χ1) is 10.1. The molecule has 2 aromatic rings. The van der Waals surface area contributed by atoms with Gasteiger partial charge in [-0.25, -0.2) is 0 Å². The molecule has 1 heterocycles. The summed E-state index contributed by atoms with van der Waals surface area (Å²) < 4.78 is 0.879. The Morgan fingerprint density at radius 1 is 1.29 bits per heavy atom. The van der Waals surface area contributed by atoms with Crippen LogP contribution in [0, 0.1) is 0 Å². The van der Waals surface area contributed by atoms with Gasteiger partial charge in [0.1, 0.15) is 0 Å². The van der Waals surface area contributed by atoms with E-state index >= 15 is 0 Å². The minimum Gasteiger partial charge on any atom is -0.324 e. The third-order valence-corrected chi connectivity index (χ3v) is 4.42. The van der Waals surface area contributed by atoms with Crippen LogP contribution in [-0.2, 0) is 11.3 Å². The van der Waals surface area contributed by atoms with Crippen molar-refractivity contribution in [2.45, 2.75) is 12.5 Å². The average Bonchev–Trinajstić information content (AvgIpc) is 2.50. The van der Waals surface area contributed by atoms with Crippen molar-refractivity contribution in [3.8, 4) is 0 Å². The van der Waals surface area contributed by atoms with E-state index in [0.717, 1.165) is 16.6 Å². The van der Waals surface area contributed by atoms with E-state index < -0.39 is 0 Å². The van der Waals surface area contributed by atoms with Crippen molar-refractivity contribution in [1.82, 2.24) is 5.32 Å². The van der Waals surface area contributed by atoms with E-state index in [0.29, 0.717) is 17.3 Å². The summed E-state index contributed by atoms with van der Waals surface area (Å²) in [6.45, 7) is 1.44. The summed E-state index contributed by atoms with van der Waals surface area (Å²) in [5.41, 5.74) is 2.88. The smallest absolute Gasteiger partial charge is 0.233 e. The van der Waals surface area contributed by atoms with Crippen LogP contribution in [0.25, 0.3) is 0 Å². The normalized spacial score (nSPS) is 17.1. The highest BCUT2D eigenvalue weighted by molar-refractivity contribution is 9.10. The molecule has 3 rings (SSSR count). The van der Waals surface area contributed by atoms with Crippen LogP contribution in [0.3, 0.4) is 0 Å². The fourth-order valence-electron chi connectivity index (χ4n) is 2.54. The molecule has 0 bridgehead atoms. The Bertz CT molecular complexity index is 690. The molecule has 0 aliphatic carbocycles. The second-order valence-corrected chi connectivity index (χ2v) is 6.32. The summed E-state index contributed by atoms with van der Waals surface area (Å²) in [5, 5.41) is 6.73. The van der Waals surface area contributed by atoms with Crippen LogP contribution in [0.4, 0.5) is 5.69 Å². The van der Waals surface area contributed by atoms with Gasteiger partial charge in [0.05, 0.1) is 16.6 Å². The van der Waals surface area contributed by atoms with E-state index in [9.17, 15) is 4.79 Å². The molecule has 21 heavy (non-hydrogen) atoms. The fraction of sp³-hybridized carbons (Fsp3) is 0.188. The first-order valence-electron chi connectivity index (χ1n) is 6.69. The van der Waals surface area contributed by atoms with Crippen molar-refractivity contribution in [2.75, 3.05) is 11.9 Å². The van der Waals surface area contributed by atoms with E-state index in [2.05, 4.69) is 26.6 Å². The Morgan fingerprint density at radius 3 is 2.95 bits per heavy atom. The average molecular weight is 366 g/mol. The maximum Gasteiger partial charge on any atom is 0.233 e. The number of hydrogen-bond acceptors (Lipinski definition) is 2. The molecule has 1 unspecified atom stereocenters. The number of carbonyl (C=O) groups excluding carboxylic acids is 1. The summed E-state index contributed by atoms with van der Waals surface area (Å²) >= 11 is 9.51. The first kappa shape index (κ1) is 14.6. The van der Waals surface area contributed by atoms with Gasteiger partial charge in [-0.3, -0.25) is 4.79 Å². The van der Waals surface area contributed by atoms with Crippen molar-refractivity contribution in [3.05, 3.63) is 63.1 Å². The highest BCUT2D eigenvalue weighted by Crippen LogP contribution is 2.29. The molecule has 0 aromatic heterocycles. The molecule has 2 N–H and O–H groups in total. The number of fused-ring (bicyclic) bond motifs is 1. The van der Waals surface area contributed by atoms with Crippen LogP contribution in [0.1, 0.15) is 17.0 Å². The molecule has 1 aliphatic rings. The third kappa shape index (κ3) is 3.12. The van der Waals surface area contributed by atoms with Crippen LogP contribution in [-0.4, -0.2) is 12.5 Å². The number of halogens is 2. The van der Waals surface area contributed by atoms with Gasteiger partial charge in [-0.05, 0) is 29.3 Å². The minimum atomic E-state index is -0.204. The van der Waals surface area contributed by atoms with E-state index in [1.807, 2.05) is 36.4 Å². The maximum atomic E-state index is 12.6. The van der Waals surface area contributed by atoms with Crippen LogP contribution in [0.2, 0.25) is 5.02 Å². The molecule has 0 fully saturated rings. The van der Waals surface area contributed by atoms with Gasteiger partial charge in [0.15, 0.2) is 0 Å². The molecule has 0 saturated heterocycles. The van der Waals surface area contributed by atoms with Crippen LogP contribution < -0.4 is 10.6 Å². The van der Waals surface area contributed by atoms with E-state index in [1.165, 1.54) is 5.56 Å². The van der Waals surface area contributed by atoms with Crippen LogP contribution in [0.15, 0.2) is 46.9 Å². The second kappa shape index (κ2) is 6.18. The second-order valence-electron chi connectivity index (χ2n) is 5.00. The summed E-state index contributed by atoms with van der Waals surface area (Å²) in [6, 6.07) is 13.4. The number of benzene rings is 2. The molecule has 1 aliphatic heterocycles. The number of amides is 1. The van der Waals surface area contributed by atoms with E-state index in [-0.39, 0.29) is 11.8 Å². The van der Waals surface area contributed by atoms with Crippen molar-refractivity contribution >= 4 is 39.1 Å². The molecular weight excluding hydrogens is 352 g/mol. The largest absolute Gasteiger partial charge is 0.324 e. The van der Waals surface area contributed by atoms with Gasteiger partial charge < -0.3 is 10.6 Å². The maximum absolute atomic E-state index is 12.6. The Morgan fingerprint density at radius 2 is 2.10 bits per heavy atom. The lowest BCUT2D eigenvalue weighted by molar-refractivity contribution is -0.117. The number of anilines is 1. The van der Waals surface area contributed by atoms with E-state index in [1.54, 1.807) is 6.07 Å². The number of nitrogens with one attached hydrogen (secondary N) is 2. The summed E-state index contributed by atoms with van der Waals surface area (Å²) in [6.07, 6.45) is 0. The van der Waals surface area contributed by atoms with Gasteiger partial charge >= 0.3 is 0 Å². The molecule has 2 aromatic carbocycles. The van der Waals surface area contributed by atoms with Crippen molar-refractivity contribution in [1.29, 1.82) is 0 Å². The van der Waals surface area contributed by atoms with Gasteiger partial charge in [-0.2, -0.15) is 0 Å². The number of carbonyl (C=O) groups is 1. The third-order valence-electron chi connectivity index (χ3n) is 3.60. The van der Waals surface area contributed by atoms with Crippen LogP contribution in [0.5, 0.6) is 0 Å². The lowest BCUT2D eigenvalue weighted by Crippen LogP contribution is -2.35. The SMILES string of the molecule is O=C(Nc1cc(Br)ccc1Cl)C1CNCc2ccccc21. The van der Waals surface area contributed by atoms with Gasteiger partial charge in [0.25, 0.3) is 0 Å². The molecule has 3 nitrogen and oxygen atoms in total. The highest BCUT2D eigenvalue weighted by Gasteiger charge is 2.26. The van der Waals surface area contributed by atoms with Crippen molar-refractivity contribution < 1.29 is 4.79 Å². The van der Waals surface area contributed by atoms with Gasteiger partial charge in [-0.15, -0.1) is 0 Å². The number of rotatable bonds is 2. The molecule has 5 heteroatoms. The number of hydrogen-bond donors (Lipinski definition) is 2. The Balaban J connectivity index is 1.85. The minimum absolute atomic E-state index is 0.0466. The zero-order valence-electron chi connectivity index (χ0n) is 11.2. The zero-order chi connectivity index (χ0) is 14.8. The van der Waals surface area contributed by atoms with Crippen molar-refractivity contribution in [2.24, 2.45) is 0 Å². The molecule has 1 amide bonds. The Labute approximate surface area is 136 Å². The lowest BCUT2D eigenvalue weighted by atomic mass is 9.90. The predicted octanol–water partition coefficient (Wildman–Crippen LogP) is 3.93. The standard InChI is InChI=1S/C16H14BrClN2O/c17-11-5-6-14(18)15(7-11)20-16(21)13-9-19-8-10-3-1-2-4-12(10)13/h1-7,13,19H,8-9H2,(H,20,21). The zero-order valence-corrected chi connectivity index (χ0v) is 13.5. The van der Waals surface area contributed by atoms with E-state index in [4.69, 9.17) is 11.6 Å². The molecule has 0 radical (unpaired) electrons. The topological polar surface area (TPSA) is 41.1 Å². The fourth-order valence-corrected chi connectivity index (χ4v) is 3.07. The first-order valence-corrected chi connectivity index (χ1v) is 7.86. The summed E-state index contributed by atoms with van der Waals surface area (Å²) in [4.78, 5) is 12.6. The quantitative estimate of drug-likeness (QED) is 0.846. The lowest BCUT2D eigenvalue weighted by Gasteiger charge is -2.25. The Hall–Kier alpha value is -1.36. The molecule has 1 atom stereocenters. The molecule has 0 spiro atoms. The monoisotopic (exact) mass is 364 g/mol. The predicted molar refractivity (Wildman–Crippen MR) is 88.7 cm³/mol.